The summed E-state index contributed by atoms with van der Waals surface area (Å²) >= 11 is 0. The number of halogens is 4. The maximum atomic E-state index is 13.7. The van der Waals surface area contributed by atoms with E-state index in [0.717, 1.165) is 18.7 Å². The molecule has 0 aromatic heterocycles. The smallest absolute Gasteiger partial charge is 0.244 e. The molecule has 2 atom stereocenters. The molecular formula is C18H25ClF3N3O2. The third-order valence-electron chi connectivity index (χ3n) is 4.42. The number of amides is 2. The van der Waals surface area contributed by atoms with Crippen LogP contribution in [0.25, 0.3) is 0 Å². The summed E-state index contributed by atoms with van der Waals surface area (Å²) in [6, 6.07) is 1.91. The number of hydrogen-bond donors (Lipinski definition) is 2. The molecule has 2 rings (SSSR count). The molecule has 0 aliphatic carbocycles. The van der Waals surface area contributed by atoms with Gasteiger partial charge in [-0.1, -0.05) is 6.92 Å². The van der Waals surface area contributed by atoms with Crippen LogP contribution < -0.4 is 10.6 Å². The van der Waals surface area contributed by atoms with Gasteiger partial charge >= 0.3 is 0 Å². The first-order valence-corrected chi connectivity index (χ1v) is 8.79. The van der Waals surface area contributed by atoms with Crippen molar-refractivity contribution in [2.45, 2.75) is 39.2 Å². The molecule has 0 bridgehead atoms. The summed E-state index contributed by atoms with van der Waals surface area (Å²) in [5.74, 6) is -5.36. The zero-order valence-corrected chi connectivity index (χ0v) is 16.2. The summed E-state index contributed by atoms with van der Waals surface area (Å²) in [6.07, 6.45) is 2.06. The third-order valence-corrected chi connectivity index (χ3v) is 4.42. The molecule has 1 aliphatic rings. The van der Waals surface area contributed by atoms with Crippen molar-refractivity contribution in [1.29, 1.82) is 0 Å². The van der Waals surface area contributed by atoms with Gasteiger partial charge in [0.25, 0.3) is 0 Å². The SMILES string of the molecule is CCCN(CC(=O)Nc1ccc(F)c(F)c1F)C(=O)[C@H]1CCN[C@@H](C)C1.Cl. The monoisotopic (exact) mass is 407 g/mol. The molecule has 1 aromatic rings. The van der Waals surface area contributed by atoms with Crippen LogP contribution in [0, 0.1) is 23.4 Å². The highest BCUT2D eigenvalue weighted by Crippen LogP contribution is 2.21. The van der Waals surface area contributed by atoms with E-state index in [1.165, 1.54) is 4.90 Å². The highest BCUT2D eigenvalue weighted by Gasteiger charge is 2.29. The molecule has 27 heavy (non-hydrogen) atoms. The molecule has 2 N–H and O–H groups in total. The summed E-state index contributed by atoms with van der Waals surface area (Å²) in [7, 11) is 0. The fourth-order valence-electron chi connectivity index (χ4n) is 3.14. The van der Waals surface area contributed by atoms with Crippen LogP contribution in [-0.2, 0) is 9.59 Å². The standard InChI is InChI=1S/C18H24F3N3O2.ClH/c1-3-8-24(18(26)12-6-7-22-11(2)9-12)10-15(25)23-14-5-4-13(19)16(20)17(14)21;/h4-5,11-12,22H,3,6-10H2,1-2H3,(H,23,25);1H/t11-,12-;/m0./s1. The fraction of sp³-hybridized carbons (Fsp3) is 0.556. The molecule has 1 saturated heterocycles. The Balaban J connectivity index is 0.00000364. The minimum atomic E-state index is -1.65. The topological polar surface area (TPSA) is 61.4 Å². The number of anilines is 1. The molecule has 0 unspecified atom stereocenters. The Morgan fingerprint density at radius 3 is 2.59 bits per heavy atom. The summed E-state index contributed by atoms with van der Waals surface area (Å²) in [6.45, 7) is 4.76. The molecule has 1 aliphatic heterocycles. The van der Waals surface area contributed by atoms with E-state index in [4.69, 9.17) is 0 Å². The second-order valence-corrected chi connectivity index (χ2v) is 6.61. The number of nitrogens with one attached hydrogen (secondary N) is 2. The lowest BCUT2D eigenvalue weighted by atomic mass is 9.92. The van der Waals surface area contributed by atoms with Crippen LogP contribution in [-0.4, -0.2) is 42.4 Å². The lowest BCUT2D eigenvalue weighted by Gasteiger charge is -2.31. The van der Waals surface area contributed by atoms with Crippen LogP contribution >= 0.6 is 12.4 Å². The van der Waals surface area contributed by atoms with E-state index in [1.807, 2.05) is 13.8 Å². The molecule has 1 aromatic carbocycles. The first-order valence-electron chi connectivity index (χ1n) is 8.79. The molecule has 1 heterocycles. The Morgan fingerprint density at radius 1 is 1.26 bits per heavy atom. The second-order valence-electron chi connectivity index (χ2n) is 6.61. The van der Waals surface area contributed by atoms with Crippen LogP contribution in [0.5, 0.6) is 0 Å². The van der Waals surface area contributed by atoms with E-state index in [-0.39, 0.29) is 36.8 Å². The van der Waals surface area contributed by atoms with Gasteiger partial charge in [-0.15, -0.1) is 12.4 Å². The summed E-state index contributed by atoms with van der Waals surface area (Å²) in [5, 5.41) is 5.48. The van der Waals surface area contributed by atoms with Crippen molar-refractivity contribution in [3.63, 3.8) is 0 Å². The zero-order valence-electron chi connectivity index (χ0n) is 15.4. The predicted molar refractivity (Wildman–Crippen MR) is 99.3 cm³/mol. The van der Waals surface area contributed by atoms with E-state index in [2.05, 4.69) is 10.6 Å². The number of benzene rings is 1. The van der Waals surface area contributed by atoms with Crippen molar-refractivity contribution >= 4 is 29.9 Å². The third kappa shape index (κ3) is 6.10. The Morgan fingerprint density at radius 2 is 1.96 bits per heavy atom. The lowest BCUT2D eigenvalue weighted by Crippen LogP contribution is -2.46. The normalized spacial score (nSPS) is 19.1. The van der Waals surface area contributed by atoms with Crippen molar-refractivity contribution in [2.75, 3.05) is 25.0 Å². The zero-order chi connectivity index (χ0) is 19.3. The number of carbonyl (C=O) groups excluding carboxylic acids is 2. The van der Waals surface area contributed by atoms with Gasteiger partial charge in [-0.3, -0.25) is 9.59 Å². The molecule has 152 valence electrons. The number of hydrogen-bond acceptors (Lipinski definition) is 3. The van der Waals surface area contributed by atoms with E-state index in [1.54, 1.807) is 0 Å². The van der Waals surface area contributed by atoms with Crippen LogP contribution in [0.1, 0.15) is 33.1 Å². The molecule has 0 saturated carbocycles. The Labute approximate surface area is 163 Å². The van der Waals surface area contributed by atoms with E-state index in [0.29, 0.717) is 25.8 Å². The van der Waals surface area contributed by atoms with Gasteiger partial charge in [0.15, 0.2) is 17.5 Å². The van der Waals surface area contributed by atoms with E-state index in [9.17, 15) is 22.8 Å². The van der Waals surface area contributed by atoms with Gasteiger partial charge in [0.05, 0.1) is 12.2 Å². The minimum Gasteiger partial charge on any atom is -0.333 e. The molecule has 1 fully saturated rings. The number of rotatable bonds is 6. The van der Waals surface area contributed by atoms with Crippen molar-refractivity contribution in [2.24, 2.45) is 5.92 Å². The minimum absolute atomic E-state index is 0. The first-order chi connectivity index (χ1) is 12.3. The summed E-state index contributed by atoms with van der Waals surface area (Å²) in [5.41, 5.74) is -0.451. The summed E-state index contributed by atoms with van der Waals surface area (Å²) < 4.78 is 39.9. The Kier molecular flexibility index (Phi) is 9.05. The number of piperidine rings is 1. The molecular weight excluding hydrogens is 383 g/mol. The van der Waals surface area contributed by atoms with Gasteiger partial charge in [0.2, 0.25) is 11.8 Å². The average molecular weight is 408 g/mol. The van der Waals surface area contributed by atoms with Crippen molar-refractivity contribution in [3.8, 4) is 0 Å². The van der Waals surface area contributed by atoms with Gasteiger partial charge in [-0.2, -0.15) is 0 Å². The molecule has 0 radical (unpaired) electrons. The van der Waals surface area contributed by atoms with Gasteiger partial charge in [0, 0.05) is 18.5 Å². The molecule has 0 spiro atoms. The maximum Gasteiger partial charge on any atom is 0.244 e. The quantitative estimate of drug-likeness (QED) is 0.712. The highest BCUT2D eigenvalue weighted by atomic mass is 35.5. The first kappa shape index (κ1) is 23.2. The fourth-order valence-corrected chi connectivity index (χ4v) is 3.14. The molecule has 2 amide bonds. The average Bonchev–Trinajstić information content (AvgIpc) is 2.61. The van der Waals surface area contributed by atoms with Crippen molar-refractivity contribution in [1.82, 2.24) is 10.2 Å². The molecule has 9 heteroatoms. The molecule has 5 nitrogen and oxygen atoms in total. The van der Waals surface area contributed by atoms with Gasteiger partial charge in [0.1, 0.15) is 0 Å². The van der Waals surface area contributed by atoms with Crippen molar-refractivity contribution in [3.05, 3.63) is 29.6 Å². The van der Waals surface area contributed by atoms with Crippen LogP contribution in [0.15, 0.2) is 12.1 Å². The largest absolute Gasteiger partial charge is 0.333 e. The van der Waals surface area contributed by atoms with Crippen LogP contribution in [0.4, 0.5) is 18.9 Å². The van der Waals surface area contributed by atoms with E-state index >= 15 is 0 Å². The Hall–Kier alpha value is -1.80. The highest BCUT2D eigenvalue weighted by molar-refractivity contribution is 5.95. The van der Waals surface area contributed by atoms with Crippen LogP contribution in [0.3, 0.4) is 0 Å². The second kappa shape index (κ2) is 10.5. The van der Waals surface area contributed by atoms with Crippen molar-refractivity contribution < 1.29 is 22.8 Å². The number of nitrogens with zero attached hydrogens (tertiary/aromatic N) is 1. The van der Waals surface area contributed by atoms with Gasteiger partial charge < -0.3 is 15.5 Å². The summed E-state index contributed by atoms with van der Waals surface area (Å²) in [4.78, 5) is 26.4. The maximum absolute atomic E-state index is 13.7. The predicted octanol–water partition coefficient (Wildman–Crippen LogP) is 3.09. The number of carbonyl (C=O) groups is 2. The van der Waals surface area contributed by atoms with Gasteiger partial charge in [-0.05, 0) is 44.9 Å². The van der Waals surface area contributed by atoms with Crippen LogP contribution in [0.2, 0.25) is 0 Å². The lowest BCUT2D eigenvalue weighted by molar-refractivity contribution is -0.139. The Bertz CT molecular complexity index is 675. The van der Waals surface area contributed by atoms with Gasteiger partial charge in [-0.25, -0.2) is 13.2 Å². The van der Waals surface area contributed by atoms with E-state index < -0.39 is 29.0 Å².